The molecule has 186 valence electrons. The zero-order chi connectivity index (χ0) is 25.5. The molecule has 2 N–H and O–H groups in total. The Morgan fingerprint density at radius 2 is 1.83 bits per heavy atom. The van der Waals surface area contributed by atoms with Crippen LogP contribution in [-0.4, -0.2) is 48.3 Å². The summed E-state index contributed by atoms with van der Waals surface area (Å²) in [6.45, 7) is 2.11. The molecule has 2 amide bonds. The van der Waals surface area contributed by atoms with Crippen LogP contribution in [0.25, 0.3) is 5.69 Å². The first-order valence-corrected chi connectivity index (χ1v) is 14.1. The van der Waals surface area contributed by atoms with Gasteiger partial charge in [0.2, 0.25) is 11.0 Å². The SMILES string of the molecule is CCSc1nnc(NC(=O)CSc2nnc(CNC(=O)c3cc(Cl)ccc3Cl)n2-c2ccccc2)s1. The Morgan fingerprint density at radius 1 is 1.03 bits per heavy atom. The van der Waals surface area contributed by atoms with Crippen molar-refractivity contribution in [3.8, 4) is 5.69 Å². The van der Waals surface area contributed by atoms with E-state index in [0.717, 1.165) is 15.8 Å². The van der Waals surface area contributed by atoms with Crippen LogP contribution in [0.1, 0.15) is 23.1 Å². The lowest BCUT2D eigenvalue weighted by Gasteiger charge is -2.11. The summed E-state index contributed by atoms with van der Waals surface area (Å²) in [5.41, 5.74) is 1.05. The van der Waals surface area contributed by atoms with Gasteiger partial charge in [-0.05, 0) is 36.1 Å². The van der Waals surface area contributed by atoms with Crippen molar-refractivity contribution in [1.29, 1.82) is 0 Å². The fraction of sp³-hybridized carbons (Fsp3) is 0.182. The molecular formula is C22H19Cl2N7O2S3. The third kappa shape index (κ3) is 6.77. The molecule has 2 aromatic heterocycles. The minimum Gasteiger partial charge on any atom is -0.345 e. The number of thioether (sulfide) groups is 2. The summed E-state index contributed by atoms with van der Waals surface area (Å²) in [5.74, 6) is 0.822. The Hall–Kier alpha value is -2.64. The van der Waals surface area contributed by atoms with Crippen molar-refractivity contribution in [3.63, 3.8) is 0 Å². The maximum Gasteiger partial charge on any atom is 0.253 e. The van der Waals surface area contributed by atoms with Gasteiger partial charge in [-0.1, -0.05) is 83.2 Å². The van der Waals surface area contributed by atoms with E-state index >= 15 is 0 Å². The van der Waals surface area contributed by atoms with Crippen LogP contribution in [-0.2, 0) is 11.3 Å². The zero-order valence-corrected chi connectivity index (χ0v) is 22.7. The van der Waals surface area contributed by atoms with Crippen molar-refractivity contribution in [2.45, 2.75) is 23.0 Å². The summed E-state index contributed by atoms with van der Waals surface area (Å²) in [6, 6.07) is 14.1. The molecule has 0 bridgehead atoms. The number of rotatable bonds is 10. The van der Waals surface area contributed by atoms with Crippen LogP contribution >= 0.6 is 58.1 Å². The van der Waals surface area contributed by atoms with Crippen molar-refractivity contribution < 1.29 is 9.59 Å². The van der Waals surface area contributed by atoms with Gasteiger partial charge in [-0.3, -0.25) is 19.5 Å². The summed E-state index contributed by atoms with van der Waals surface area (Å²) in [5, 5.41) is 23.7. The second-order valence-electron chi connectivity index (χ2n) is 7.02. The van der Waals surface area contributed by atoms with E-state index in [9.17, 15) is 9.59 Å². The number of para-hydroxylation sites is 1. The number of halogens is 2. The Balaban J connectivity index is 1.46. The van der Waals surface area contributed by atoms with Crippen LogP contribution in [0.3, 0.4) is 0 Å². The minimum atomic E-state index is -0.392. The van der Waals surface area contributed by atoms with Gasteiger partial charge in [0, 0.05) is 10.7 Å². The first-order chi connectivity index (χ1) is 17.4. The number of hydrogen-bond acceptors (Lipinski definition) is 9. The highest BCUT2D eigenvalue weighted by Crippen LogP contribution is 2.26. The van der Waals surface area contributed by atoms with Gasteiger partial charge in [-0.15, -0.1) is 20.4 Å². The maximum atomic E-state index is 12.7. The standard InChI is InChI=1S/C22H19Cl2N7O2S3/c1-2-34-22-30-28-20(36-22)26-18(32)12-35-21-29-27-17(31(21)14-6-4-3-5-7-14)11-25-19(33)15-10-13(23)8-9-16(15)24/h3-10H,2,11-12H2,1H3,(H,25,33)(H,26,28,32). The van der Waals surface area contributed by atoms with E-state index in [1.165, 1.54) is 29.2 Å². The van der Waals surface area contributed by atoms with Crippen LogP contribution in [0, 0.1) is 0 Å². The van der Waals surface area contributed by atoms with Gasteiger partial charge in [0.05, 0.1) is 22.9 Å². The molecule has 0 saturated carbocycles. The number of carbonyl (C=O) groups is 2. The highest BCUT2D eigenvalue weighted by Gasteiger charge is 2.18. The van der Waals surface area contributed by atoms with Gasteiger partial charge in [0.1, 0.15) is 0 Å². The van der Waals surface area contributed by atoms with Crippen molar-refractivity contribution in [2.75, 3.05) is 16.8 Å². The molecule has 0 spiro atoms. The topological polar surface area (TPSA) is 115 Å². The van der Waals surface area contributed by atoms with E-state index in [2.05, 4.69) is 31.0 Å². The summed E-state index contributed by atoms with van der Waals surface area (Å²) in [7, 11) is 0. The molecule has 4 rings (SSSR count). The molecule has 36 heavy (non-hydrogen) atoms. The van der Waals surface area contributed by atoms with Crippen LogP contribution in [0.4, 0.5) is 5.13 Å². The first kappa shape index (κ1) is 26.4. The lowest BCUT2D eigenvalue weighted by Crippen LogP contribution is -2.25. The van der Waals surface area contributed by atoms with Crippen molar-refractivity contribution in [3.05, 3.63) is 70.0 Å². The third-order valence-electron chi connectivity index (χ3n) is 4.55. The molecule has 0 atom stereocenters. The Kier molecular flexibility index (Phi) is 9.21. The average molecular weight is 581 g/mol. The second kappa shape index (κ2) is 12.5. The number of benzene rings is 2. The quantitative estimate of drug-likeness (QED) is 0.194. The van der Waals surface area contributed by atoms with Crippen LogP contribution in [0.15, 0.2) is 58.0 Å². The smallest absolute Gasteiger partial charge is 0.253 e. The summed E-state index contributed by atoms with van der Waals surface area (Å²) < 4.78 is 2.59. The van der Waals surface area contributed by atoms with Crippen LogP contribution in [0.2, 0.25) is 10.0 Å². The van der Waals surface area contributed by atoms with Gasteiger partial charge in [-0.25, -0.2) is 0 Å². The molecule has 4 aromatic rings. The van der Waals surface area contributed by atoms with Crippen molar-refractivity contribution in [1.82, 2.24) is 30.3 Å². The van der Waals surface area contributed by atoms with Gasteiger partial charge >= 0.3 is 0 Å². The molecule has 0 aliphatic carbocycles. The maximum absolute atomic E-state index is 12.7. The van der Waals surface area contributed by atoms with Crippen molar-refractivity contribution in [2.24, 2.45) is 0 Å². The summed E-state index contributed by atoms with van der Waals surface area (Å²) in [4.78, 5) is 25.2. The van der Waals surface area contributed by atoms with Gasteiger partial charge in [0.15, 0.2) is 15.3 Å². The molecular weight excluding hydrogens is 561 g/mol. The molecule has 0 fully saturated rings. The Bertz CT molecular complexity index is 1360. The van der Waals surface area contributed by atoms with E-state index < -0.39 is 5.91 Å². The average Bonchev–Trinajstić information content (AvgIpc) is 3.50. The zero-order valence-electron chi connectivity index (χ0n) is 18.8. The fourth-order valence-corrected chi connectivity index (χ4v) is 5.81. The second-order valence-corrected chi connectivity index (χ2v) is 11.3. The molecule has 0 unspecified atom stereocenters. The van der Waals surface area contributed by atoms with Crippen LogP contribution < -0.4 is 10.6 Å². The molecule has 0 aliphatic heterocycles. The van der Waals surface area contributed by atoms with Gasteiger partial charge < -0.3 is 5.32 Å². The largest absolute Gasteiger partial charge is 0.345 e. The predicted octanol–water partition coefficient (Wildman–Crippen LogP) is 5.20. The Labute approximate surface area is 229 Å². The molecule has 0 aliphatic rings. The van der Waals surface area contributed by atoms with E-state index in [0.29, 0.717) is 26.2 Å². The minimum absolute atomic E-state index is 0.0823. The third-order valence-corrected chi connectivity index (χ3v) is 7.90. The first-order valence-electron chi connectivity index (χ1n) is 10.6. The van der Waals surface area contributed by atoms with Gasteiger partial charge in [0.25, 0.3) is 5.91 Å². The lowest BCUT2D eigenvalue weighted by atomic mass is 10.2. The molecule has 9 nitrogen and oxygen atoms in total. The predicted molar refractivity (Wildman–Crippen MR) is 145 cm³/mol. The monoisotopic (exact) mass is 579 g/mol. The highest BCUT2D eigenvalue weighted by molar-refractivity contribution is 8.01. The molecule has 0 radical (unpaired) electrons. The number of anilines is 1. The molecule has 14 heteroatoms. The lowest BCUT2D eigenvalue weighted by molar-refractivity contribution is -0.113. The highest BCUT2D eigenvalue weighted by atomic mass is 35.5. The number of nitrogens with one attached hydrogen (secondary N) is 2. The van der Waals surface area contributed by atoms with Crippen molar-refractivity contribution >= 4 is 75.0 Å². The summed E-state index contributed by atoms with van der Waals surface area (Å²) in [6.07, 6.45) is 0. The molecule has 0 saturated heterocycles. The fourth-order valence-electron chi connectivity index (χ4n) is 3.00. The van der Waals surface area contributed by atoms with E-state index in [4.69, 9.17) is 23.2 Å². The summed E-state index contributed by atoms with van der Waals surface area (Å²) >= 11 is 16.3. The van der Waals surface area contributed by atoms with E-state index in [1.54, 1.807) is 28.5 Å². The number of nitrogens with zero attached hydrogens (tertiary/aromatic N) is 5. The molecule has 2 aromatic carbocycles. The van der Waals surface area contributed by atoms with E-state index in [-0.39, 0.29) is 23.8 Å². The van der Waals surface area contributed by atoms with Gasteiger partial charge in [-0.2, -0.15) is 0 Å². The van der Waals surface area contributed by atoms with E-state index in [1.807, 2.05) is 37.3 Å². The Morgan fingerprint density at radius 3 is 2.61 bits per heavy atom. The number of aromatic nitrogens is 5. The van der Waals surface area contributed by atoms with Crippen LogP contribution in [0.5, 0.6) is 0 Å². The molecule has 2 heterocycles. The normalized spacial score (nSPS) is 10.9. The number of carbonyl (C=O) groups excluding carboxylic acids is 2. The number of hydrogen-bond donors (Lipinski definition) is 2. The number of amides is 2.